The zero-order valence-corrected chi connectivity index (χ0v) is 14.0. The number of hydrogen-bond donors (Lipinski definition) is 1. The van der Waals surface area contributed by atoms with Crippen molar-refractivity contribution in [1.82, 2.24) is 5.32 Å². The van der Waals surface area contributed by atoms with Gasteiger partial charge in [-0.3, -0.25) is 0 Å². The molecule has 0 fully saturated rings. The molecule has 1 aliphatic heterocycles. The molecule has 1 atom stereocenters. The summed E-state index contributed by atoms with van der Waals surface area (Å²) < 4.78 is 16.6. The Morgan fingerprint density at radius 3 is 2.83 bits per heavy atom. The molecule has 23 heavy (non-hydrogen) atoms. The SMILES string of the molecule is COc1cc(Cl)cc(CNC2COc3ccccc3C2)c1OC. The molecule has 2 aromatic rings. The van der Waals surface area contributed by atoms with Gasteiger partial charge in [-0.25, -0.2) is 0 Å². The van der Waals surface area contributed by atoms with E-state index in [0.717, 1.165) is 17.7 Å². The lowest BCUT2D eigenvalue weighted by Crippen LogP contribution is -2.38. The van der Waals surface area contributed by atoms with E-state index < -0.39 is 0 Å². The van der Waals surface area contributed by atoms with E-state index in [1.807, 2.05) is 24.3 Å². The molecule has 0 saturated heterocycles. The first-order chi connectivity index (χ1) is 11.2. The summed E-state index contributed by atoms with van der Waals surface area (Å²) in [4.78, 5) is 0. The normalized spacial score (nSPS) is 16.4. The molecule has 5 heteroatoms. The van der Waals surface area contributed by atoms with Gasteiger partial charge < -0.3 is 19.5 Å². The second-order valence-electron chi connectivity index (χ2n) is 5.50. The lowest BCUT2D eigenvalue weighted by Gasteiger charge is -2.26. The number of ether oxygens (including phenoxy) is 3. The summed E-state index contributed by atoms with van der Waals surface area (Å²) in [6.45, 7) is 1.29. The average molecular weight is 334 g/mol. The van der Waals surface area contributed by atoms with Crippen LogP contribution in [0, 0.1) is 0 Å². The van der Waals surface area contributed by atoms with E-state index in [0.29, 0.717) is 29.7 Å². The van der Waals surface area contributed by atoms with Gasteiger partial charge in [0.2, 0.25) is 0 Å². The number of nitrogens with one attached hydrogen (secondary N) is 1. The Bertz CT molecular complexity index is 690. The molecule has 1 heterocycles. The molecule has 1 unspecified atom stereocenters. The highest BCUT2D eigenvalue weighted by molar-refractivity contribution is 6.30. The molecule has 0 amide bonds. The number of fused-ring (bicyclic) bond motifs is 1. The second-order valence-corrected chi connectivity index (χ2v) is 5.94. The molecule has 122 valence electrons. The van der Waals surface area contributed by atoms with Crippen molar-refractivity contribution in [2.45, 2.75) is 19.0 Å². The molecule has 0 radical (unpaired) electrons. The summed E-state index contributed by atoms with van der Waals surface area (Å²) in [7, 11) is 3.24. The van der Waals surface area contributed by atoms with Crippen molar-refractivity contribution < 1.29 is 14.2 Å². The van der Waals surface area contributed by atoms with Crippen molar-refractivity contribution in [2.24, 2.45) is 0 Å². The van der Waals surface area contributed by atoms with Gasteiger partial charge in [0.25, 0.3) is 0 Å². The van der Waals surface area contributed by atoms with Crippen molar-refractivity contribution in [3.63, 3.8) is 0 Å². The van der Waals surface area contributed by atoms with Crippen LogP contribution in [0.5, 0.6) is 17.2 Å². The maximum atomic E-state index is 6.16. The van der Waals surface area contributed by atoms with E-state index in [9.17, 15) is 0 Å². The van der Waals surface area contributed by atoms with Crippen LogP contribution in [0.2, 0.25) is 5.02 Å². The molecule has 0 spiro atoms. The monoisotopic (exact) mass is 333 g/mol. The van der Waals surface area contributed by atoms with Crippen LogP contribution in [0.3, 0.4) is 0 Å². The minimum atomic E-state index is 0.250. The van der Waals surface area contributed by atoms with Crippen LogP contribution in [0.4, 0.5) is 0 Å². The summed E-state index contributed by atoms with van der Waals surface area (Å²) in [5, 5.41) is 4.14. The summed E-state index contributed by atoms with van der Waals surface area (Å²) >= 11 is 6.16. The van der Waals surface area contributed by atoms with Crippen LogP contribution in [-0.4, -0.2) is 26.9 Å². The number of para-hydroxylation sites is 1. The van der Waals surface area contributed by atoms with Gasteiger partial charge in [0.1, 0.15) is 12.4 Å². The number of benzene rings is 2. The molecule has 1 aliphatic rings. The summed E-state index contributed by atoms with van der Waals surface area (Å²) in [6, 6.07) is 12.0. The van der Waals surface area contributed by atoms with Crippen LogP contribution < -0.4 is 19.5 Å². The van der Waals surface area contributed by atoms with Crippen LogP contribution >= 0.6 is 11.6 Å². The van der Waals surface area contributed by atoms with Crippen molar-refractivity contribution in [3.8, 4) is 17.2 Å². The molecule has 1 N–H and O–H groups in total. The molecule has 4 nitrogen and oxygen atoms in total. The molecule has 0 saturated carbocycles. The fourth-order valence-electron chi connectivity index (χ4n) is 2.85. The molecular weight excluding hydrogens is 314 g/mol. The third kappa shape index (κ3) is 3.54. The first kappa shape index (κ1) is 16.0. The van der Waals surface area contributed by atoms with Gasteiger partial charge in [0.15, 0.2) is 11.5 Å². The van der Waals surface area contributed by atoms with Crippen LogP contribution in [0.25, 0.3) is 0 Å². The first-order valence-corrected chi connectivity index (χ1v) is 7.93. The average Bonchev–Trinajstić information content (AvgIpc) is 2.59. The van der Waals surface area contributed by atoms with E-state index in [4.69, 9.17) is 25.8 Å². The molecule has 3 rings (SSSR count). The maximum Gasteiger partial charge on any atom is 0.165 e. The van der Waals surface area contributed by atoms with Gasteiger partial charge in [-0.05, 0) is 24.1 Å². The first-order valence-electron chi connectivity index (χ1n) is 7.55. The van der Waals surface area contributed by atoms with Crippen LogP contribution in [-0.2, 0) is 13.0 Å². The predicted molar refractivity (Wildman–Crippen MR) is 90.8 cm³/mol. The zero-order chi connectivity index (χ0) is 16.2. The standard InChI is InChI=1S/C18H20ClNO3/c1-21-17-9-14(19)7-13(18(17)22-2)10-20-15-8-12-5-3-4-6-16(12)23-11-15/h3-7,9,15,20H,8,10-11H2,1-2H3. The van der Waals surface area contributed by atoms with E-state index >= 15 is 0 Å². The van der Waals surface area contributed by atoms with Gasteiger partial charge >= 0.3 is 0 Å². The Labute approximate surface area is 141 Å². The Balaban J connectivity index is 1.71. The smallest absolute Gasteiger partial charge is 0.165 e. The predicted octanol–water partition coefficient (Wildman–Crippen LogP) is 3.45. The fourth-order valence-corrected chi connectivity index (χ4v) is 3.08. The summed E-state index contributed by atoms with van der Waals surface area (Å²) in [6.07, 6.45) is 0.941. The number of halogens is 1. The minimum Gasteiger partial charge on any atom is -0.493 e. The molecule has 0 bridgehead atoms. The Kier molecular flexibility index (Phi) is 4.94. The third-order valence-electron chi connectivity index (χ3n) is 3.98. The summed E-state index contributed by atoms with van der Waals surface area (Å²) in [5.41, 5.74) is 2.20. The van der Waals surface area contributed by atoms with Crippen molar-refractivity contribution in [2.75, 3.05) is 20.8 Å². The lowest BCUT2D eigenvalue weighted by molar-refractivity contribution is 0.237. The van der Waals surface area contributed by atoms with Crippen molar-refractivity contribution in [1.29, 1.82) is 0 Å². The second kappa shape index (κ2) is 7.11. The van der Waals surface area contributed by atoms with E-state index in [-0.39, 0.29) is 6.04 Å². The van der Waals surface area contributed by atoms with E-state index in [2.05, 4.69) is 11.4 Å². The highest BCUT2D eigenvalue weighted by Crippen LogP contribution is 2.34. The molecule has 0 aromatic heterocycles. The Morgan fingerprint density at radius 2 is 2.04 bits per heavy atom. The fraction of sp³-hybridized carbons (Fsp3) is 0.333. The summed E-state index contributed by atoms with van der Waals surface area (Å²) in [5.74, 6) is 2.33. The number of methoxy groups -OCH3 is 2. The maximum absolute atomic E-state index is 6.16. The van der Waals surface area contributed by atoms with Crippen LogP contribution in [0.15, 0.2) is 36.4 Å². The highest BCUT2D eigenvalue weighted by Gasteiger charge is 2.20. The quantitative estimate of drug-likeness (QED) is 0.909. The third-order valence-corrected chi connectivity index (χ3v) is 4.20. The van der Waals surface area contributed by atoms with Crippen molar-refractivity contribution >= 4 is 11.6 Å². The Hall–Kier alpha value is -1.91. The zero-order valence-electron chi connectivity index (χ0n) is 13.3. The molecule has 0 aliphatic carbocycles. The lowest BCUT2D eigenvalue weighted by atomic mass is 10.0. The van der Waals surface area contributed by atoms with Gasteiger partial charge in [-0.15, -0.1) is 0 Å². The van der Waals surface area contributed by atoms with Gasteiger partial charge in [0, 0.05) is 29.2 Å². The number of rotatable bonds is 5. The van der Waals surface area contributed by atoms with Gasteiger partial charge in [0.05, 0.1) is 14.2 Å². The Morgan fingerprint density at radius 1 is 1.22 bits per heavy atom. The molecule has 2 aromatic carbocycles. The van der Waals surface area contributed by atoms with Crippen molar-refractivity contribution in [3.05, 3.63) is 52.5 Å². The largest absolute Gasteiger partial charge is 0.493 e. The topological polar surface area (TPSA) is 39.7 Å². The number of hydrogen-bond acceptors (Lipinski definition) is 4. The highest BCUT2D eigenvalue weighted by atomic mass is 35.5. The molecular formula is C18H20ClNO3. The van der Waals surface area contributed by atoms with Gasteiger partial charge in [-0.2, -0.15) is 0 Å². The van der Waals surface area contributed by atoms with E-state index in [1.54, 1.807) is 20.3 Å². The van der Waals surface area contributed by atoms with E-state index in [1.165, 1.54) is 5.56 Å². The minimum absolute atomic E-state index is 0.250. The van der Waals surface area contributed by atoms with Gasteiger partial charge in [-0.1, -0.05) is 29.8 Å². The van der Waals surface area contributed by atoms with Crippen LogP contribution in [0.1, 0.15) is 11.1 Å².